The van der Waals surface area contributed by atoms with Crippen molar-refractivity contribution in [2.45, 2.75) is 10.1 Å². The van der Waals surface area contributed by atoms with Gasteiger partial charge in [0.05, 0.1) is 4.92 Å². The van der Waals surface area contributed by atoms with Crippen molar-refractivity contribution in [2.24, 2.45) is 0 Å². The van der Waals surface area contributed by atoms with Crippen LogP contribution in [0.2, 0.25) is 0 Å². The SMILES string of the molecule is O=[N+]([O-])c1cnc(Sc2ccc(Br)cc2)nc1. The molecule has 0 unspecified atom stereocenters. The molecule has 2 rings (SSSR count). The van der Waals surface area contributed by atoms with Gasteiger partial charge in [0.1, 0.15) is 12.4 Å². The number of halogens is 1. The van der Waals surface area contributed by atoms with Crippen LogP contribution in [-0.2, 0) is 0 Å². The quantitative estimate of drug-likeness (QED) is 0.494. The van der Waals surface area contributed by atoms with Gasteiger partial charge in [-0.25, -0.2) is 9.97 Å². The molecule has 0 N–H and O–H groups in total. The molecule has 0 amide bonds. The van der Waals surface area contributed by atoms with Gasteiger partial charge in [0, 0.05) is 9.37 Å². The van der Waals surface area contributed by atoms with Gasteiger partial charge < -0.3 is 0 Å². The number of hydrogen-bond acceptors (Lipinski definition) is 5. The monoisotopic (exact) mass is 311 g/mol. The molecule has 0 spiro atoms. The molecular formula is C10H6BrN3O2S. The second-order valence-electron chi connectivity index (χ2n) is 3.04. The molecule has 0 aliphatic rings. The Labute approximate surface area is 110 Å². The Morgan fingerprint density at radius 2 is 1.76 bits per heavy atom. The summed E-state index contributed by atoms with van der Waals surface area (Å²) in [5, 5.41) is 10.9. The summed E-state index contributed by atoms with van der Waals surface area (Å²) in [6.45, 7) is 0. The normalized spacial score (nSPS) is 10.2. The van der Waals surface area contributed by atoms with Crippen molar-refractivity contribution in [1.29, 1.82) is 0 Å². The molecule has 0 saturated heterocycles. The summed E-state index contributed by atoms with van der Waals surface area (Å²) in [4.78, 5) is 18.7. The number of aromatic nitrogens is 2. The maximum absolute atomic E-state index is 10.4. The van der Waals surface area contributed by atoms with Gasteiger partial charge in [-0.2, -0.15) is 0 Å². The predicted molar refractivity (Wildman–Crippen MR) is 67.0 cm³/mol. The summed E-state index contributed by atoms with van der Waals surface area (Å²) >= 11 is 4.69. The molecule has 0 bridgehead atoms. The second kappa shape index (κ2) is 5.24. The lowest BCUT2D eigenvalue weighted by Gasteiger charge is -1.99. The molecule has 86 valence electrons. The highest BCUT2D eigenvalue weighted by molar-refractivity contribution is 9.10. The van der Waals surface area contributed by atoms with Crippen LogP contribution >= 0.6 is 27.7 Å². The summed E-state index contributed by atoms with van der Waals surface area (Å²) in [6, 6.07) is 7.65. The highest BCUT2D eigenvalue weighted by atomic mass is 79.9. The summed E-state index contributed by atoms with van der Waals surface area (Å²) in [6.07, 6.45) is 2.41. The fourth-order valence-electron chi connectivity index (χ4n) is 1.06. The fourth-order valence-corrected chi connectivity index (χ4v) is 2.02. The van der Waals surface area contributed by atoms with Crippen LogP contribution in [0.1, 0.15) is 0 Å². The van der Waals surface area contributed by atoms with E-state index in [-0.39, 0.29) is 5.69 Å². The van der Waals surface area contributed by atoms with Crippen molar-refractivity contribution in [3.05, 3.63) is 51.2 Å². The van der Waals surface area contributed by atoms with Crippen LogP contribution in [0.15, 0.2) is 51.2 Å². The Morgan fingerprint density at radius 1 is 1.18 bits per heavy atom. The first-order chi connectivity index (χ1) is 8.15. The second-order valence-corrected chi connectivity index (χ2v) is 4.99. The van der Waals surface area contributed by atoms with Crippen molar-refractivity contribution >= 4 is 33.4 Å². The largest absolute Gasteiger partial charge is 0.305 e. The Morgan fingerprint density at radius 3 is 2.29 bits per heavy atom. The lowest BCUT2D eigenvalue weighted by atomic mass is 10.4. The zero-order valence-corrected chi connectivity index (χ0v) is 10.8. The first kappa shape index (κ1) is 12.0. The molecule has 7 heteroatoms. The highest BCUT2D eigenvalue weighted by Gasteiger charge is 2.07. The minimum absolute atomic E-state index is 0.106. The van der Waals surface area contributed by atoms with Crippen molar-refractivity contribution in [3.63, 3.8) is 0 Å². The van der Waals surface area contributed by atoms with E-state index in [1.165, 1.54) is 24.2 Å². The predicted octanol–water partition coefficient (Wildman–Crippen LogP) is 3.30. The Balaban J connectivity index is 2.13. The molecule has 5 nitrogen and oxygen atoms in total. The van der Waals surface area contributed by atoms with E-state index in [2.05, 4.69) is 25.9 Å². The molecule has 1 heterocycles. The smallest absolute Gasteiger partial charge is 0.258 e. The maximum Gasteiger partial charge on any atom is 0.305 e. The number of nitro groups is 1. The topological polar surface area (TPSA) is 68.9 Å². The Hall–Kier alpha value is -1.47. The zero-order valence-electron chi connectivity index (χ0n) is 8.41. The first-order valence-corrected chi connectivity index (χ1v) is 6.16. The van der Waals surface area contributed by atoms with Crippen molar-refractivity contribution in [3.8, 4) is 0 Å². The summed E-state index contributed by atoms with van der Waals surface area (Å²) in [5.41, 5.74) is -0.106. The van der Waals surface area contributed by atoms with Crippen LogP contribution in [0, 0.1) is 10.1 Å². The fraction of sp³-hybridized carbons (Fsp3) is 0. The van der Waals surface area contributed by atoms with E-state index < -0.39 is 4.92 Å². The summed E-state index contributed by atoms with van der Waals surface area (Å²) in [5.74, 6) is 0. The third-order valence-corrected chi connectivity index (χ3v) is 3.28. The van der Waals surface area contributed by atoms with Gasteiger partial charge in [-0.15, -0.1) is 0 Å². The van der Waals surface area contributed by atoms with E-state index in [0.717, 1.165) is 9.37 Å². The van der Waals surface area contributed by atoms with Gasteiger partial charge in [-0.05, 0) is 36.0 Å². The average molecular weight is 312 g/mol. The number of rotatable bonds is 3. The van der Waals surface area contributed by atoms with Gasteiger partial charge in [-0.3, -0.25) is 10.1 Å². The molecule has 17 heavy (non-hydrogen) atoms. The molecule has 0 atom stereocenters. The average Bonchev–Trinajstić information content (AvgIpc) is 2.33. The minimum atomic E-state index is -0.520. The number of hydrogen-bond donors (Lipinski definition) is 0. The van der Waals surface area contributed by atoms with E-state index in [0.29, 0.717) is 5.16 Å². The lowest BCUT2D eigenvalue weighted by molar-refractivity contribution is -0.385. The van der Waals surface area contributed by atoms with Crippen LogP contribution < -0.4 is 0 Å². The van der Waals surface area contributed by atoms with Crippen molar-refractivity contribution in [1.82, 2.24) is 9.97 Å². The van der Waals surface area contributed by atoms with Crippen LogP contribution in [0.25, 0.3) is 0 Å². The van der Waals surface area contributed by atoms with E-state index >= 15 is 0 Å². The van der Waals surface area contributed by atoms with Gasteiger partial charge in [0.15, 0.2) is 5.16 Å². The lowest BCUT2D eigenvalue weighted by Crippen LogP contribution is -1.92. The van der Waals surface area contributed by atoms with Crippen molar-refractivity contribution in [2.75, 3.05) is 0 Å². The molecule has 1 aromatic heterocycles. The van der Waals surface area contributed by atoms with Gasteiger partial charge >= 0.3 is 5.69 Å². The number of benzene rings is 1. The van der Waals surface area contributed by atoms with E-state index in [4.69, 9.17) is 0 Å². The third kappa shape index (κ3) is 3.24. The molecule has 0 fully saturated rings. The maximum atomic E-state index is 10.4. The highest BCUT2D eigenvalue weighted by Crippen LogP contribution is 2.26. The summed E-state index contributed by atoms with van der Waals surface area (Å²) < 4.78 is 0.992. The molecular weight excluding hydrogens is 306 g/mol. The molecule has 0 radical (unpaired) electrons. The third-order valence-electron chi connectivity index (χ3n) is 1.85. The molecule has 0 aliphatic carbocycles. The molecule has 2 aromatic rings. The molecule has 0 saturated carbocycles. The van der Waals surface area contributed by atoms with E-state index in [1.807, 2.05) is 24.3 Å². The minimum Gasteiger partial charge on any atom is -0.258 e. The van der Waals surface area contributed by atoms with E-state index in [1.54, 1.807) is 0 Å². The Kier molecular flexibility index (Phi) is 3.70. The van der Waals surface area contributed by atoms with Crippen molar-refractivity contribution < 1.29 is 4.92 Å². The standard InChI is InChI=1S/C10H6BrN3O2S/c11-7-1-3-9(4-2-7)17-10-12-5-8(6-13-10)14(15)16/h1-6H. The molecule has 0 aliphatic heterocycles. The number of nitrogens with zero attached hydrogens (tertiary/aromatic N) is 3. The molecule has 1 aromatic carbocycles. The zero-order chi connectivity index (χ0) is 12.3. The van der Waals surface area contributed by atoms with Crippen LogP contribution in [0.3, 0.4) is 0 Å². The van der Waals surface area contributed by atoms with Crippen LogP contribution in [0.5, 0.6) is 0 Å². The first-order valence-electron chi connectivity index (χ1n) is 4.55. The van der Waals surface area contributed by atoms with Crippen LogP contribution in [0.4, 0.5) is 5.69 Å². The van der Waals surface area contributed by atoms with Gasteiger partial charge in [0.2, 0.25) is 0 Å². The van der Waals surface area contributed by atoms with Gasteiger partial charge in [-0.1, -0.05) is 15.9 Å². The van der Waals surface area contributed by atoms with Crippen LogP contribution in [-0.4, -0.2) is 14.9 Å². The van der Waals surface area contributed by atoms with Gasteiger partial charge in [0.25, 0.3) is 0 Å². The summed E-state index contributed by atoms with van der Waals surface area (Å²) in [7, 11) is 0. The van der Waals surface area contributed by atoms with E-state index in [9.17, 15) is 10.1 Å². The Bertz CT molecular complexity index is 530.